The fourth-order valence-corrected chi connectivity index (χ4v) is 1.61. The predicted octanol–water partition coefficient (Wildman–Crippen LogP) is 4.12. The van der Waals surface area contributed by atoms with Crippen LogP contribution in [-0.2, 0) is 0 Å². The molecule has 0 aromatic carbocycles. The van der Waals surface area contributed by atoms with E-state index in [0.717, 1.165) is 10.8 Å². The Morgan fingerprint density at radius 2 is 1.92 bits per heavy atom. The largest absolute Gasteiger partial charge is 0.148 e. The van der Waals surface area contributed by atoms with Gasteiger partial charge < -0.3 is 0 Å². The summed E-state index contributed by atoms with van der Waals surface area (Å²) in [6.07, 6.45) is 4.78. The van der Waals surface area contributed by atoms with Gasteiger partial charge in [0.2, 0.25) is 0 Å². The summed E-state index contributed by atoms with van der Waals surface area (Å²) < 4.78 is 0. The molecule has 1 fully saturated rings. The van der Waals surface area contributed by atoms with Crippen molar-refractivity contribution in [3.8, 4) is 0 Å². The van der Waals surface area contributed by atoms with Crippen molar-refractivity contribution in [1.29, 1.82) is 0 Å². The molecule has 1 saturated carbocycles. The zero-order chi connectivity index (χ0) is 10.0. The van der Waals surface area contributed by atoms with Gasteiger partial charge in [-0.15, -0.1) is 12.6 Å². The van der Waals surface area contributed by atoms with Gasteiger partial charge in [-0.25, -0.2) is 0 Å². The number of hydrogen-bond donors (Lipinski definition) is 1. The van der Waals surface area contributed by atoms with Gasteiger partial charge in [0.1, 0.15) is 0 Å². The molecule has 13 heavy (non-hydrogen) atoms. The van der Waals surface area contributed by atoms with E-state index in [0.29, 0.717) is 0 Å². The van der Waals surface area contributed by atoms with Crippen LogP contribution in [0.15, 0.2) is 34.3 Å². The second-order valence-electron chi connectivity index (χ2n) is 3.71. The summed E-state index contributed by atoms with van der Waals surface area (Å²) in [7, 11) is 0. The number of hydrogen-bond acceptors (Lipinski definition) is 1. The molecule has 0 N–H and O–H groups in total. The Kier molecular flexibility index (Phi) is 3.43. The number of rotatable bonds is 3. The van der Waals surface area contributed by atoms with Crippen molar-refractivity contribution in [3.05, 3.63) is 34.3 Å². The highest BCUT2D eigenvalue weighted by Crippen LogP contribution is 2.41. The summed E-state index contributed by atoms with van der Waals surface area (Å²) >= 11 is 4.37. The first-order valence-corrected chi connectivity index (χ1v) is 5.25. The molecule has 1 heteroatoms. The second kappa shape index (κ2) is 4.19. The van der Waals surface area contributed by atoms with Crippen molar-refractivity contribution in [2.24, 2.45) is 5.92 Å². The molecule has 1 aliphatic carbocycles. The molecule has 1 rings (SSSR count). The SMILES string of the molecule is C=C(C(=C/C)/C(C)=C(/C)S)C1CC1. The average molecular weight is 194 g/mol. The molecule has 0 amide bonds. The van der Waals surface area contributed by atoms with Crippen molar-refractivity contribution in [3.63, 3.8) is 0 Å². The lowest BCUT2D eigenvalue weighted by atomic mass is 9.96. The fraction of sp³-hybridized carbons (Fsp3) is 0.500. The quantitative estimate of drug-likeness (QED) is 0.507. The van der Waals surface area contributed by atoms with E-state index in [1.807, 2.05) is 6.92 Å². The molecule has 0 heterocycles. The van der Waals surface area contributed by atoms with E-state index in [-0.39, 0.29) is 0 Å². The Morgan fingerprint density at radius 3 is 2.23 bits per heavy atom. The summed E-state index contributed by atoms with van der Waals surface area (Å²) in [6.45, 7) is 10.4. The van der Waals surface area contributed by atoms with Crippen molar-refractivity contribution in [1.82, 2.24) is 0 Å². The van der Waals surface area contributed by atoms with E-state index in [9.17, 15) is 0 Å². The Balaban J connectivity index is 2.85. The molecule has 0 aromatic heterocycles. The summed E-state index contributed by atoms with van der Waals surface area (Å²) in [4.78, 5) is 1.09. The zero-order valence-corrected chi connectivity index (χ0v) is 9.62. The minimum Gasteiger partial charge on any atom is -0.148 e. The van der Waals surface area contributed by atoms with Crippen LogP contribution in [0.1, 0.15) is 33.6 Å². The van der Waals surface area contributed by atoms with Crippen molar-refractivity contribution < 1.29 is 0 Å². The van der Waals surface area contributed by atoms with E-state index < -0.39 is 0 Å². The first-order chi connectivity index (χ1) is 6.07. The summed E-state index contributed by atoms with van der Waals surface area (Å²) in [5, 5.41) is 0. The highest BCUT2D eigenvalue weighted by atomic mass is 32.1. The minimum atomic E-state index is 0.744. The third-order valence-corrected chi connectivity index (χ3v) is 2.99. The normalized spacial score (nSPS) is 19.8. The standard InChI is InChI=1S/C12H18S/c1-5-12(8(2)10(4)13)9(3)11-6-7-11/h5,11,13H,3,6-7H2,1-2,4H3/b10-8-,12-5+. The Morgan fingerprint density at radius 1 is 1.38 bits per heavy atom. The van der Waals surface area contributed by atoms with Gasteiger partial charge in [0.05, 0.1) is 0 Å². The van der Waals surface area contributed by atoms with Crippen LogP contribution >= 0.6 is 12.6 Å². The Hall–Kier alpha value is -0.430. The third-order valence-electron chi connectivity index (χ3n) is 2.65. The Bertz CT molecular complexity index is 273. The van der Waals surface area contributed by atoms with Crippen LogP contribution in [0.3, 0.4) is 0 Å². The molecule has 0 atom stereocenters. The average Bonchev–Trinajstić information content (AvgIpc) is 2.87. The van der Waals surface area contributed by atoms with E-state index in [2.05, 4.69) is 39.1 Å². The number of thiol groups is 1. The maximum Gasteiger partial charge on any atom is -0.0161 e. The number of allylic oxidation sites excluding steroid dienone is 5. The van der Waals surface area contributed by atoms with Gasteiger partial charge in [-0.05, 0) is 61.2 Å². The van der Waals surface area contributed by atoms with Gasteiger partial charge >= 0.3 is 0 Å². The lowest BCUT2D eigenvalue weighted by Crippen LogP contribution is -1.93. The summed E-state index contributed by atoms with van der Waals surface area (Å²) in [5.74, 6) is 0.744. The molecule has 0 nitrogen and oxygen atoms in total. The van der Waals surface area contributed by atoms with Crippen LogP contribution in [-0.4, -0.2) is 0 Å². The predicted molar refractivity (Wildman–Crippen MR) is 63.0 cm³/mol. The van der Waals surface area contributed by atoms with Gasteiger partial charge in [-0.1, -0.05) is 12.7 Å². The molecular formula is C12H18S. The first kappa shape index (κ1) is 10.6. The van der Waals surface area contributed by atoms with Crippen LogP contribution in [0.25, 0.3) is 0 Å². The molecule has 72 valence electrons. The fourth-order valence-electron chi connectivity index (χ4n) is 1.49. The van der Waals surface area contributed by atoms with Crippen LogP contribution < -0.4 is 0 Å². The van der Waals surface area contributed by atoms with E-state index >= 15 is 0 Å². The summed E-state index contributed by atoms with van der Waals surface area (Å²) in [6, 6.07) is 0. The molecule has 0 bridgehead atoms. The van der Waals surface area contributed by atoms with Gasteiger partial charge in [0.25, 0.3) is 0 Å². The van der Waals surface area contributed by atoms with E-state index in [1.165, 1.54) is 29.6 Å². The molecule has 0 radical (unpaired) electrons. The van der Waals surface area contributed by atoms with Gasteiger partial charge in [-0.3, -0.25) is 0 Å². The van der Waals surface area contributed by atoms with Crippen molar-refractivity contribution in [2.75, 3.05) is 0 Å². The smallest absolute Gasteiger partial charge is 0.0161 e. The van der Waals surface area contributed by atoms with Gasteiger partial charge in [-0.2, -0.15) is 0 Å². The highest BCUT2D eigenvalue weighted by molar-refractivity contribution is 7.84. The zero-order valence-electron chi connectivity index (χ0n) is 8.72. The summed E-state index contributed by atoms with van der Waals surface area (Å²) in [5.41, 5.74) is 3.87. The second-order valence-corrected chi connectivity index (χ2v) is 4.38. The molecule has 0 unspecified atom stereocenters. The molecule has 0 aliphatic heterocycles. The van der Waals surface area contributed by atoms with Crippen LogP contribution in [0.5, 0.6) is 0 Å². The molecular weight excluding hydrogens is 176 g/mol. The van der Waals surface area contributed by atoms with Crippen LogP contribution in [0.2, 0.25) is 0 Å². The molecule has 0 spiro atoms. The lowest BCUT2D eigenvalue weighted by molar-refractivity contribution is 1.02. The minimum absolute atomic E-state index is 0.744. The van der Waals surface area contributed by atoms with Crippen molar-refractivity contribution >= 4 is 12.6 Å². The van der Waals surface area contributed by atoms with Crippen LogP contribution in [0.4, 0.5) is 0 Å². The molecule has 1 aliphatic rings. The first-order valence-electron chi connectivity index (χ1n) is 4.80. The van der Waals surface area contributed by atoms with Crippen LogP contribution in [0, 0.1) is 5.92 Å². The third kappa shape index (κ3) is 2.50. The lowest BCUT2D eigenvalue weighted by Gasteiger charge is -2.11. The monoisotopic (exact) mass is 194 g/mol. The molecule has 0 saturated heterocycles. The van der Waals surface area contributed by atoms with E-state index in [4.69, 9.17) is 0 Å². The topological polar surface area (TPSA) is 0 Å². The van der Waals surface area contributed by atoms with Crippen molar-refractivity contribution in [2.45, 2.75) is 33.6 Å². The maximum absolute atomic E-state index is 4.37. The maximum atomic E-state index is 4.37. The van der Waals surface area contributed by atoms with Gasteiger partial charge in [0, 0.05) is 0 Å². The molecule has 0 aromatic rings. The Labute approximate surface area is 86.8 Å². The highest BCUT2D eigenvalue weighted by Gasteiger charge is 2.26. The van der Waals surface area contributed by atoms with Gasteiger partial charge in [0.15, 0.2) is 0 Å². The van der Waals surface area contributed by atoms with E-state index in [1.54, 1.807) is 0 Å².